The lowest BCUT2D eigenvalue weighted by atomic mass is 10.1. The first-order valence-corrected chi connectivity index (χ1v) is 5.68. The van der Waals surface area contributed by atoms with Gasteiger partial charge in [0.15, 0.2) is 5.13 Å². The van der Waals surface area contributed by atoms with Crippen LogP contribution in [0.4, 0.5) is 5.13 Å². The number of nitrogens with one attached hydrogen (secondary N) is 1. The summed E-state index contributed by atoms with van der Waals surface area (Å²) in [6.45, 7) is 5.89. The maximum Gasteiger partial charge on any atom is 0.223 e. The van der Waals surface area contributed by atoms with Gasteiger partial charge in [0.2, 0.25) is 5.91 Å². The van der Waals surface area contributed by atoms with E-state index < -0.39 is 0 Å². The van der Waals surface area contributed by atoms with E-state index in [4.69, 9.17) is 0 Å². The molecule has 0 saturated heterocycles. The predicted octanol–water partition coefficient (Wildman–Crippen LogP) is 2.69. The molecule has 78 valence electrons. The van der Waals surface area contributed by atoms with Crippen LogP contribution >= 0.6 is 11.3 Å². The number of aromatic nitrogens is 1. The number of thiazole rings is 1. The summed E-state index contributed by atoms with van der Waals surface area (Å²) in [5.41, 5.74) is 1.08. The monoisotopic (exact) mass is 212 g/mol. The van der Waals surface area contributed by atoms with E-state index in [1.807, 2.05) is 5.38 Å². The van der Waals surface area contributed by atoms with Crippen molar-refractivity contribution in [2.24, 2.45) is 5.92 Å². The van der Waals surface area contributed by atoms with Gasteiger partial charge in [0.1, 0.15) is 0 Å². The van der Waals surface area contributed by atoms with Crippen molar-refractivity contribution in [2.45, 2.75) is 33.6 Å². The largest absolute Gasteiger partial charge is 0.302 e. The number of hydrogen-bond donors (Lipinski definition) is 1. The quantitative estimate of drug-likeness (QED) is 0.833. The number of amides is 1. The first-order chi connectivity index (χ1) is 6.58. The zero-order valence-electron chi connectivity index (χ0n) is 8.83. The summed E-state index contributed by atoms with van der Waals surface area (Å²) in [6.07, 6.45) is 2.14. The number of rotatable bonds is 4. The second-order valence-electron chi connectivity index (χ2n) is 3.76. The molecule has 1 heterocycles. The highest BCUT2D eigenvalue weighted by Gasteiger charge is 2.03. The van der Waals surface area contributed by atoms with Crippen molar-refractivity contribution in [3.63, 3.8) is 0 Å². The van der Waals surface area contributed by atoms with Crippen LogP contribution in [0.5, 0.6) is 0 Å². The number of anilines is 1. The summed E-state index contributed by atoms with van der Waals surface area (Å²) in [5, 5.41) is 5.39. The SMILES string of the molecule is CC(=O)Nc1nc(CCC(C)C)cs1. The molecule has 1 amide bonds. The molecule has 1 rings (SSSR count). The van der Waals surface area contributed by atoms with Gasteiger partial charge in [0, 0.05) is 12.3 Å². The molecule has 0 fully saturated rings. The van der Waals surface area contributed by atoms with Crippen molar-refractivity contribution in [1.82, 2.24) is 4.98 Å². The van der Waals surface area contributed by atoms with Crippen molar-refractivity contribution < 1.29 is 4.79 Å². The molecule has 0 aliphatic heterocycles. The average Bonchev–Trinajstić information content (AvgIpc) is 2.47. The predicted molar refractivity (Wildman–Crippen MR) is 59.6 cm³/mol. The van der Waals surface area contributed by atoms with Crippen molar-refractivity contribution in [3.05, 3.63) is 11.1 Å². The van der Waals surface area contributed by atoms with E-state index >= 15 is 0 Å². The number of carbonyl (C=O) groups excluding carboxylic acids is 1. The number of nitrogens with zero attached hydrogens (tertiary/aromatic N) is 1. The zero-order chi connectivity index (χ0) is 10.6. The van der Waals surface area contributed by atoms with Gasteiger partial charge in [-0.05, 0) is 18.8 Å². The Labute approximate surface area is 88.6 Å². The third kappa shape index (κ3) is 3.87. The highest BCUT2D eigenvalue weighted by Crippen LogP contribution is 2.17. The fraction of sp³-hybridized carbons (Fsp3) is 0.600. The molecule has 0 bridgehead atoms. The van der Waals surface area contributed by atoms with E-state index in [9.17, 15) is 4.79 Å². The van der Waals surface area contributed by atoms with Crippen LogP contribution in [0.15, 0.2) is 5.38 Å². The van der Waals surface area contributed by atoms with Gasteiger partial charge >= 0.3 is 0 Å². The van der Waals surface area contributed by atoms with E-state index in [1.54, 1.807) is 0 Å². The van der Waals surface area contributed by atoms with Gasteiger partial charge in [0.25, 0.3) is 0 Å². The van der Waals surface area contributed by atoms with E-state index in [0.717, 1.165) is 18.5 Å². The fourth-order valence-electron chi connectivity index (χ4n) is 1.07. The smallest absolute Gasteiger partial charge is 0.223 e. The molecule has 0 aromatic carbocycles. The first-order valence-electron chi connectivity index (χ1n) is 4.80. The molecule has 1 N–H and O–H groups in total. The number of hydrogen-bond acceptors (Lipinski definition) is 3. The highest BCUT2D eigenvalue weighted by molar-refractivity contribution is 7.13. The fourth-order valence-corrected chi connectivity index (χ4v) is 1.86. The number of aryl methyl sites for hydroxylation is 1. The molecule has 3 nitrogen and oxygen atoms in total. The standard InChI is InChI=1S/C10H16N2OS/c1-7(2)4-5-9-6-14-10(12-9)11-8(3)13/h6-7H,4-5H2,1-3H3,(H,11,12,13). The van der Waals surface area contributed by atoms with Crippen LogP contribution in [0.2, 0.25) is 0 Å². The van der Waals surface area contributed by atoms with Crippen LogP contribution in [0, 0.1) is 5.92 Å². The lowest BCUT2D eigenvalue weighted by Gasteiger charge is -2.00. The number of carbonyl (C=O) groups is 1. The molecule has 0 aliphatic carbocycles. The normalized spacial score (nSPS) is 10.6. The molecule has 0 aliphatic rings. The minimum Gasteiger partial charge on any atom is -0.302 e. The van der Waals surface area contributed by atoms with Crippen LogP contribution in [0.3, 0.4) is 0 Å². The van der Waals surface area contributed by atoms with E-state index in [-0.39, 0.29) is 5.91 Å². The van der Waals surface area contributed by atoms with Crippen molar-refractivity contribution in [2.75, 3.05) is 5.32 Å². The van der Waals surface area contributed by atoms with E-state index in [1.165, 1.54) is 18.3 Å². The van der Waals surface area contributed by atoms with Crippen molar-refractivity contribution >= 4 is 22.4 Å². The minimum atomic E-state index is -0.0604. The van der Waals surface area contributed by atoms with Crippen LogP contribution in [-0.4, -0.2) is 10.9 Å². The Kier molecular flexibility index (Phi) is 4.07. The lowest BCUT2D eigenvalue weighted by Crippen LogP contribution is -2.05. The van der Waals surface area contributed by atoms with Gasteiger partial charge in [-0.1, -0.05) is 13.8 Å². The average molecular weight is 212 g/mol. The van der Waals surface area contributed by atoms with Gasteiger partial charge in [-0.15, -0.1) is 11.3 Å². The van der Waals surface area contributed by atoms with Crippen molar-refractivity contribution in [1.29, 1.82) is 0 Å². The second kappa shape index (κ2) is 5.10. The third-order valence-corrected chi connectivity index (χ3v) is 2.62. The van der Waals surface area contributed by atoms with Gasteiger partial charge in [0.05, 0.1) is 5.69 Å². The van der Waals surface area contributed by atoms with Crippen molar-refractivity contribution in [3.8, 4) is 0 Å². The molecule has 0 atom stereocenters. The topological polar surface area (TPSA) is 42.0 Å². The van der Waals surface area contributed by atoms with Gasteiger partial charge in [-0.25, -0.2) is 4.98 Å². The second-order valence-corrected chi connectivity index (χ2v) is 4.62. The van der Waals surface area contributed by atoms with Crippen LogP contribution < -0.4 is 5.32 Å². The molecule has 0 spiro atoms. The Morgan fingerprint density at radius 1 is 1.64 bits per heavy atom. The van der Waals surface area contributed by atoms with Gasteiger partial charge < -0.3 is 5.32 Å². The summed E-state index contributed by atoms with van der Waals surface area (Å²) in [7, 11) is 0. The third-order valence-electron chi connectivity index (χ3n) is 1.81. The molecular weight excluding hydrogens is 196 g/mol. The Hall–Kier alpha value is -0.900. The van der Waals surface area contributed by atoms with Crippen LogP contribution in [0.1, 0.15) is 32.9 Å². The molecule has 0 saturated carbocycles. The first kappa shape index (κ1) is 11.2. The molecule has 1 aromatic rings. The summed E-state index contributed by atoms with van der Waals surface area (Å²) < 4.78 is 0. The lowest BCUT2D eigenvalue weighted by molar-refractivity contribution is -0.114. The summed E-state index contributed by atoms with van der Waals surface area (Å²) >= 11 is 1.49. The minimum absolute atomic E-state index is 0.0604. The summed E-state index contributed by atoms with van der Waals surface area (Å²) in [5.74, 6) is 0.635. The zero-order valence-corrected chi connectivity index (χ0v) is 9.65. The molecular formula is C10H16N2OS. The summed E-state index contributed by atoms with van der Waals surface area (Å²) in [6, 6.07) is 0. The molecule has 0 unspecified atom stereocenters. The Bertz CT molecular complexity index is 307. The van der Waals surface area contributed by atoms with E-state index in [0.29, 0.717) is 11.0 Å². The van der Waals surface area contributed by atoms with E-state index in [2.05, 4.69) is 24.1 Å². The van der Waals surface area contributed by atoms with Gasteiger partial charge in [-0.3, -0.25) is 4.79 Å². The highest BCUT2D eigenvalue weighted by atomic mass is 32.1. The van der Waals surface area contributed by atoms with Crippen LogP contribution in [0.25, 0.3) is 0 Å². The Morgan fingerprint density at radius 2 is 2.36 bits per heavy atom. The molecule has 4 heteroatoms. The molecule has 14 heavy (non-hydrogen) atoms. The molecule has 0 radical (unpaired) electrons. The summed E-state index contributed by atoms with van der Waals surface area (Å²) in [4.78, 5) is 15.1. The Morgan fingerprint density at radius 3 is 2.93 bits per heavy atom. The maximum atomic E-state index is 10.7. The van der Waals surface area contributed by atoms with Crippen LogP contribution in [-0.2, 0) is 11.2 Å². The van der Waals surface area contributed by atoms with Gasteiger partial charge in [-0.2, -0.15) is 0 Å². The molecule has 1 aromatic heterocycles. The Balaban J connectivity index is 2.46. The maximum absolute atomic E-state index is 10.7.